The summed E-state index contributed by atoms with van der Waals surface area (Å²) in [7, 11) is 0. The fourth-order valence-electron chi connectivity index (χ4n) is 2.35. The Balaban J connectivity index is 2.36. The van der Waals surface area contributed by atoms with E-state index in [1.54, 1.807) is 18.3 Å². The third-order valence-electron chi connectivity index (χ3n) is 3.66. The smallest absolute Gasteiger partial charge is 0.128 e. The van der Waals surface area contributed by atoms with Crippen LogP contribution >= 0.6 is 0 Å². The lowest BCUT2D eigenvalue weighted by molar-refractivity contribution is 0.388. The number of hydrogen-bond acceptors (Lipinski definition) is 2. The van der Waals surface area contributed by atoms with Gasteiger partial charge in [-0.3, -0.25) is 0 Å². The zero-order valence-corrected chi connectivity index (χ0v) is 11.4. The molecule has 1 aromatic carbocycles. The Morgan fingerprint density at radius 3 is 2.68 bits per heavy atom. The van der Waals surface area contributed by atoms with Gasteiger partial charge in [-0.1, -0.05) is 25.1 Å². The van der Waals surface area contributed by atoms with E-state index in [4.69, 9.17) is 5.73 Å². The predicted molar refractivity (Wildman–Crippen MR) is 74.2 cm³/mol. The highest BCUT2D eigenvalue weighted by molar-refractivity contribution is 5.27. The molecule has 0 aliphatic carbocycles. The summed E-state index contributed by atoms with van der Waals surface area (Å²) in [6.07, 6.45) is 4.87. The van der Waals surface area contributed by atoms with Crippen molar-refractivity contribution in [3.05, 3.63) is 53.9 Å². The van der Waals surface area contributed by atoms with E-state index in [1.165, 1.54) is 6.07 Å². The Morgan fingerprint density at radius 1 is 1.32 bits per heavy atom. The number of rotatable bonds is 5. The molecule has 0 bridgehead atoms. The summed E-state index contributed by atoms with van der Waals surface area (Å²) in [5, 5.41) is 0. The van der Waals surface area contributed by atoms with Crippen LogP contribution in [0.25, 0.3) is 0 Å². The highest BCUT2D eigenvalue weighted by Gasteiger charge is 2.30. The lowest BCUT2D eigenvalue weighted by Crippen LogP contribution is -2.40. The first kappa shape index (κ1) is 13.7. The molecular formula is C15H20FN3. The Hall–Kier alpha value is -1.68. The quantitative estimate of drug-likeness (QED) is 0.899. The molecule has 1 atom stereocenters. The molecule has 0 saturated carbocycles. The number of aromatic nitrogens is 2. The Morgan fingerprint density at radius 2 is 2.05 bits per heavy atom. The van der Waals surface area contributed by atoms with Crippen LogP contribution in [0.5, 0.6) is 0 Å². The molecule has 2 N–H and O–H groups in total. The minimum Gasteiger partial charge on any atom is -0.335 e. The largest absolute Gasteiger partial charge is 0.335 e. The number of nitrogens with zero attached hydrogens (tertiary/aromatic N) is 2. The van der Waals surface area contributed by atoms with Gasteiger partial charge in [0.2, 0.25) is 0 Å². The molecule has 0 spiro atoms. The second-order valence-corrected chi connectivity index (χ2v) is 4.80. The molecule has 19 heavy (non-hydrogen) atoms. The summed E-state index contributed by atoms with van der Waals surface area (Å²) >= 11 is 0. The third kappa shape index (κ3) is 2.68. The van der Waals surface area contributed by atoms with Crippen LogP contribution < -0.4 is 5.73 Å². The van der Waals surface area contributed by atoms with Crippen molar-refractivity contribution in [2.45, 2.75) is 38.8 Å². The molecule has 0 amide bonds. The average Bonchev–Trinajstić information content (AvgIpc) is 2.86. The van der Waals surface area contributed by atoms with Crippen LogP contribution in [0, 0.1) is 5.82 Å². The minimum absolute atomic E-state index is 0.249. The Labute approximate surface area is 113 Å². The molecule has 1 aromatic heterocycles. The van der Waals surface area contributed by atoms with Crippen LogP contribution in [0.2, 0.25) is 0 Å². The van der Waals surface area contributed by atoms with Crippen molar-refractivity contribution in [3.63, 3.8) is 0 Å². The van der Waals surface area contributed by atoms with Crippen LogP contribution in [0.3, 0.4) is 0 Å². The van der Waals surface area contributed by atoms with Gasteiger partial charge in [0.15, 0.2) is 0 Å². The molecule has 0 saturated heterocycles. The first-order valence-electron chi connectivity index (χ1n) is 6.64. The fourth-order valence-corrected chi connectivity index (χ4v) is 2.35. The SMILES string of the molecule is CCn1ccnc1CC(N)(CC)c1ccccc1F. The number of nitrogens with two attached hydrogens (primary N) is 1. The van der Waals surface area contributed by atoms with E-state index in [-0.39, 0.29) is 5.82 Å². The molecular weight excluding hydrogens is 241 g/mol. The van der Waals surface area contributed by atoms with E-state index in [2.05, 4.69) is 11.9 Å². The Bertz CT molecular complexity index is 550. The van der Waals surface area contributed by atoms with Gasteiger partial charge in [-0.15, -0.1) is 0 Å². The third-order valence-corrected chi connectivity index (χ3v) is 3.66. The minimum atomic E-state index is -0.719. The highest BCUT2D eigenvalue weighted by Crippen LogP contribution is 2.28. The molecule has 0 aliphatic rings. The van der Waals surface area contributed by atoms with Crippen molar-refractivity contribution in [2.75, 3.05) is 0 Å². The molecule has 0 fully saturated rings. The summed E-state index contributed by atoms with van der Waals surface area (Å²) in [4.78, 5) is 4.34. The molecule has 102 valence electrons. The monoisotopic (exact) mass is 261 g/mol. The van der Waals surface area contributed by atoms with Gasteiger partial charge in [-0.25, -0.2) is 9.37 Å². The van der Waals surface area contributed by atoms with Crippen LogP contribution in [0.4, 0.5) is 4.39 Å². The fraction of sp³-hybridized carbons (Fsp3) is 0.400. The van der Waals surface area contributed by atoms with Crippen molar-refractivity contribution in [3.8, 4) is 0 Å². The van der Waals surface area contributed by atoms with Crippen molar-refractivity contribution in [1.29, 1.82) is 0 Å². The average molecular weight is 261 g/mol. The maximum Gasteiger partial charge on any atom is 0.128 e. The number of hydrogen-bond donors (Lipinski definition) is 1. The number of imidazole rings is 1. The second kappa shape index (κ2) is 5.53. The summed E-state index contributed by atoms with van der Waals surface area (Å²) in [5.74, 6) is 0.650. The molecule has 0 radical (unpaired) electrons. The predicted octanol–water partition coefficient (Wildman–Crippen LogP) is 2.85. The summed E-state index contributed by atoms with van der Waals surface area (Å²) in [5.41, 5.74) is 6.28. The van der Waals surface area contributed by atoms with E-state index >= 15 is 0 Å². The molecule has 2 rings (SSSR count). The van der Waals surface area contributed by atoms with Crippen molar-refractivity contribution in [1.82, 2.24) is 9.55 Å². The van der Waals surface area contributed by atoms with Gasteiger partial charge < -0.3 is 10.3 Å². The van der Waals surface area contributed by atoms with E-state index in [0.29, 0.717) is 18.4 Å². The van der Waals surface area contributed by atoms with Crippen LogP contribution in [0.15, 0.2) is 36.7 Å². The first-order chi connectivity index (χ1) is 9.10. The number of aryl methyl sites for hydroxylation is 1. The van der Waals surface area contributed by atoms with Crippen LogP contribution in [-0.2, 0) is 18.5 Å². The van der Waals surface area contributed by atoms with Gasteiger partial charge in [0.05, 0.1) is 5.54 Å². The summed E-state index contributed by atoms with van der Waals surface area (Å²) in [6, 6.07) is 6.72. The lowest BCUT2D eigenvalue weighted by Gasteiger charge is -2.29. The summed E-state index contributed by atoms with van der Waals surface area (Å²) < 4.78 is 16.0. The van der Waals surface area contributed by atoms with Crippen LogP contribution in [0.1, 0.15) is 31.7 Å². The van der Waals surface area contributed by atoms with Gasteiger partial charge >= 0.3 is 0 Å². The molecule has 4 heteroatoms. The topological polar surface area (TPSA) is 43.8 Å². The van der Waals surface area contributed by atoms with E-state index in [0.717, 1.165) is 12.4 Å². The highest BCUT2D eigenvalue weighted by atomic mass is 19.1. The zero-order valence-electron chi connectivity index (χ0n) is 11.4. The molecule has 1 heterocycles. The Kier molecular flexibility index (Phi) is 4.00. The second-order valence-electron chi connectivity index (χ2n) is 4.80. The van der Waals surface area contributed by atoms with Crippen molar-refractivity contribution < 1.29 is 4.39 Å². The summed E-state index contributed by atoms with van der Waals surface area (Å²) in [6.45, 7) is 4.87. The van der Waals surface area contributed by atoms with Gasteiger partial charge in [0.1, 0.15) is 11.6 Å². The first-order valence-corrected chi connectivity index (χ1v) is 6.64. The van der Waals surface area contributed by atoms with E-state index < -0.39 is 5.54 Å². The van der Waals surface area contributed by atoms with Gasteiger partial charge in [-0.05, 0) is 19.4 Å². The maximum absolute atomic E-state index is 14.0. The lowest BCUT2D eigenvalue weighted by atomic mass is 9.84. The van der Waals surface area contributed by atoms with Gasteiger partial charge in [0.25, 0.3) is 0 Å². The van der Waals surface area contributed by atoms with Gasteiger partial charge in [-0.2, -0.15) is 0 Å². The number of benzene rings is 1. The molecule has 3 nitrogen and oxygen atoms in total. The van der Waals surface area contributed by atoms with Gasteiger partial charge in [0, 0.05) is 30.9 Å². The van der Waals surface area contributed by atoms with Crippen LogP contribution in [-0.4, -0.2) is 9.55 Å². The standard InChI is InChI=1S/C15H20FN3/c1-3-15(17,12-7-5-6-8-13(12)16)11-14-18-9-10-19(14)4-2/h5-10H,3-4,11,17H2,1-2H3. The van der Waals surface area contributed by atoms with E-state index in [1.807, 2.05) is 23.8 Å². The normalized spacial score (nSPS) is 14.3. The van der Waals surface area contributed by atoms with E-state index in [9.17, 15) is 4.39 Å². The molecule has 2 aromatic rings. The van der Waals surface area contributed by atoms with Crippen molar-refractivity contribution in [2.24, 2.45) is 5.73 Å². The van der Waals surface area contributed by atoms with Crippen molar-refractivity contribution >= 4 is 0 Å². The molecule has 0 aliphatic heterocycles. The molecule has 1 unspecified atom stereocenters. The zero-order chi connectivity index (χ0) is 13.9. The number of halogens is 1. The maximum atomic E-state index is 14.0.